The third-order valence-electron chi connectivity index (χ3n) is 10.5. The number of hydrogen-bond donors (Lipinski definition) is 1. The van der Waals surface area contributed by atoms with Gasteiger partial charge < -0.3 is 23.8 Å². The lowest BCUT2D eigenvalue weighted by atomic mass is 9.70. The predicted molar refractivity (Wildman–Crippen MR) is 173 cm³/mol. The molecule has 1 unspecified atom stereocenters. The van der Waals surface area contributed by atoms with Gasteiger partial charge in [0.1, 0.15) is 24.2 Å². The van der Waals surface area contributed by atoms with Crippen LogP contribution in [0.2, 0.25) is 0 Å². The minimum absolute atomic E-state index is 0.0867. The normalized spacial score (nSPS) is 28.8. The molecule has 49 heavy (non-hydrogen) atoms. The summed E-state index contributed by atoms with van der Waals surface area (Å²) in [6.07, 6.45) is -2.92. The molecular weight excluding hydrogens is 646 g/mol. The smallest absolute Gasteiger partial charge is 0.412 e. The highest BCUT2D eigenvalue weighted by molar-refractivity contribution is 5.85. The number of carbonyl (C=O) groups is 1. The zero-order valence-electron chi connectivity index (χ0n) is 28.3. The number of nitrogens with one attached hydrogen (secondary N) is 1. The summed E-state index contributed by atoms with van der Waals surface area (Å²) in [4.78, 5) is 26.7. The Bertz CT molecular complexity index is 1560. The second-order valence-electron chi connectivity index (χ2n) is 15.1. The average Bonchev–Trinajstić information content (AvgIpc) is 3.40. The number of amides is 1. The number of rotatable bonds is 5. The second kappa shape index (κ2) is 12.8. The molecule has 1 spiro atoms. The highest BCUT2D eigenvalue weighted by Crippen LogP contribution is 2.53. The standard InChI is InChI=1S/C35H45F4N5O5/c1-32(2,3)49-31(45)40-23-6-7-24-26(35(37,38)39)8-10-34(27(24)16-23)18-28-25(20-48-34)29(43-11-5-14-46-15-13-43)42-30(41-28)47-21-33-9-4-12-44(33)19-22(36)17-33/h6-7,16,22,26H,4-5,8-15,17-21H2,1-3H3,(H,40,45)/t22-,26+,33+,34?/m1/s1. The van der Waals surface area contributed by atoms with Crippen molar-refractivity contribution < 1.29 is 41.3 Å². The van der Waals surface area contributed by atoms with Gasteiger partial charge in [-0.2, -0.15) is 23.1 Å². The maximum Gasteiger partial charge on any atom is 0.412 e. The van der Waals surface area contributed by atoms with Crippen molar-refractivity contribution in [3.05, 3.63) is 40.6 Å². The molecule has 5 aliphatic rings. The van der Waals surface area contributed by atoms with Crippen molar-refractivity contribution in [2.75, 3.05) is 56.2 Å². The van der Waals surface area contributed by atoms with Crippen LogP contribution in [0.3, 0.4) is 0 Å². The summed E-state index contributed by atoms with van der Waals surface area (Å²) in [5.41, 5.74) is -0.0671. The first-order valence-corrected chi connectivity index (χ1v) is 17.3. The summed E-state index contributed by atoms with van der Waals surface area (Å²) in [5, 5.41) is 2.68. The number of anilines is 2. The van der Waals surface area contributed by atoms with Gasteiger partial charge in [0.05, 0.1) is 36.0 Å². The molecule has 14 heteroatoms. The van der Waals surface area contributed by atoms with Crippen LogP contribution in [0.5, 0.6) is 6.01 Å². The van der Waals surface area contributed by atoms with Crippen molar-refractivity contribution >= 4 is 17.6 Å². The molecule has 1 N–H and O–H groups in total. The molecular formula is C35H45F4N5O5. The summed E-state index contributed by atoms with van der Waals surface area (Å²) < 4.78 is 81.7. The van der Waals surface area contributed by atoms with Crippen molar-refractivity contribution in [3.8, 4) is 6.01 Å². The summed E-state index contributed by atoms with van der Waals surface area (Å²) in [6, 6.07) is 4.66. The first-order valence-electron chi connectivity index (χ1n) is 17.3. The van der Waals surface area contributed by atoms with Gasteiger partial charge in [0.2, 0.25) is 0 Å². The van der Waals surface area contributed by atoms with E-state index in [0.717, 1.165) is 31.4 Å². The highest BCUT2D eigenvalue weighted by Gasteiger charge is 2.52. The van der Waals surface area contributed by atoms with Crippen LogP contribution in [0.15, 0.2) is 18.2 Å². The maximum atomic E-state index is 14.5. The van der Waals surface area contributed by atoms with E-state index in [-0.39, 0.29) is 44.1 Å². The molecule has 5 heterocycles. The number of hydrogen-bond acceptors (Lipinski definition) is 9. The van der Waals surface area contributed by atoms with Gasteiger partial charge in [0.25, 0.3) is 0 Å². The van der Waals surface area contributed by atoms with Crippen LogP contribution in [-0.4, -0.2) is 90.4 Å². The molecule has 4 aliphatic heterocycles. The number of benzene rings is 1. The minimum Gasteiger partial charge on any atom is -0.461 e. The van der Waals surface area contributed by atoms with Gasteiger partial charge in [0.15, 0.2) is 0 Å². The van der Waals surface area contributed by atoms with Crippen molar-refractivity contribution in [1.82, 2.24) is 14.9 Å². The third kappa shape index (κ3) is 6.92. The Hall–Kier alpha value is -3.23. The van der Waals surface area contributed by atoms with Crippen molar-refractivity contribution in [2.24, 2.45) is 0 Å². The first kappa shape index (κ1) is 34.2. The number of nitrogens with zero attached hydrogens (tertiary/aromatic N) is 4. The molecule has 1 aromatic carbocycles. The lowest BCUT2D eigenvalue weighted by molar-refractivity contribution is -0.165. The van der Waals surface area contributed by atoms with Crippen LogP contribution in [0.1, 0.15) is 87.6 Å². The summed E-state index contributed by atoms with van der Waals surface area (Å²) in [6.45, 7) is 9.23. The van der Waals surface area contributed by atoms with Crippen LogP contribution < -0.4 is 15.0 Å². The fourth-order valence-corrected chi connectivity index (χ4v) is 8.35. The molecule has 3 fully saturated rings. The number of ether oxygens (including phenoxy) is 4. The largest absolute Gasteiger partial charge is 0.461 e. The first-order chi connectivity index (χ1) is 23.2. The monoisotopic (exact) mass is 691 g/mol. The van der Waals surface area contributed by atoms with E-state index in [1.54, 1.807) is 26.8 Å². The van der Waals surface area contributed by atoms with E-state index in [4.69, 9.17) is 28.9 Å². The van der Waals surface area contributed by atoms with E-state index >= 15 is 0 Å². The molecule has 1 aromatic heterocycles. The van der Waals surface area contributed by atoms with E-state index in [0.29, 0.717) is 62.0 Å². The van der Waals surface area contributed by atoms with E-state index in [1.807, 2.05) is 0 Å². The quantitative estimate of drug-likeness (QED) is 0.357. The van der Waals surface area contributed by atoms with Crippen LogP contribution in [0.25, 0.3) is 0 Å². The summed E-state index contributed by atoms with van der Waals surface area (Å²) >= 11 is 0. The molecule has 10 nitrogen and oxygen atoms in total. The molecule has 3 saturated heterocycles. The summed E-state index contributed by atoms with van der Waals surface area (Å²) in [5.74, 6) is -1.01. The molecule has 1 amide bonds. The Kier molecular flexibility index (Phi) is 8.96. The molecule has 268 valence electrons. The number of halogens is 4. The van der Waals surface area contributed by atoms with Gasteiger partial charge in [0, 0.05) is 50.3 Å². The molecule has 7 rings (SSSR count). The fraction of sp³-hybridized carbons (Fsp3) is 0.686. The Balaban J connectivity index is 1.25. The van der Waals surface area contributed by atoms with Gasteiger partial charge in [-0.05, 0) is 82.7 Å². The highest BCUT2D eigenvalue weighted by atomic mass is 19.4. The second-order valence-corrected chi connectivity index (χ2v) is 15.1. The molecule has 4 atom stereocenters. The van der Waals surface area contributed by atoms with E-state index in [2.05, 4.69) is 15.1 Å². The predicted octanol–water partition coefficient (Wildman–Crippen LogP) is 6.41. The van der Waals surface area contributed by atoms with Crippen LogP contribution in [0.4, 0.5) is 33.9 Å². The number of alkyl halides is 4. The minimum atomic E-state index is -4.46. The number of fused-ring (bicyclic) bond motifs is 4. The van der Waals surface area contributed by atoms with Gasteiger partial charge in [-0.15, -0.1) is 0 Å². The molecule has 0 bridgehead atoms. The van der Waals surface area contributed by atoms with Crippen molar-refractivity contribution in [3.63, 3.8) is 0 Å². The Morgan fingerprint density at radius 2 is 1.94 bits per heavy atom. The van der Waals surface area contributed by atoms with Crippen LogP contribution in [0, 0.1) is 0 Å². The van der Waals surface area contributed by atoms with Crippen LogP contribution in [-0.2, 0) is 32.8 Å². The van der Waals surface area contributed by atoms with Gasteiger partial charge >= 0.3 is 18.3 Å². The lowest BCUT2D eigenvalue weighted by Crippen LogP contribution is -2.44. The third-order valence-corrected chi connectivity index (χ3v) is 10.5. The molecule has 2 aromatic rings. The van der Waals surface area contributed by atoms with Crippen LogP contribution >= 0.6 is 0 Å². The fourth-order valence-electron chi connectivity index (χ4n) is 8.35. The molecule has 0 saturated carbocycles. The number of aromatic nitrogens is 2. The SMILES string of the molecule is CC(C)(C)OC(=O)Nc1ccc2c(c1)C1(CC[C@@H]2C(F)(F)F)Cc2nc(OC[C@@]34CCCN3C[C@H](F)C4)nc(N3CCCOCC3)c2CO1. The van der Waals surface area contributed by atoms with E-state index in [1.165, 1.54) is 12.1 Å². The zero-order chi connectivity index (χ0) is 34.6. The average molecular weight is 692 g/mol. The van der Waals surface area contributed by atoms with Gasteiger partial charge in [-0.25, -0.2) is 9.18 Å². The van der Waals surface area contributed by atoms with E-state index in [9.17, 15) is 22.4 Å². The molecule has 0 radical (unpaired) electrons. The van der Waals surface area contributed by atoms with Gasteiger partial charge in [-0.1, -0.05) is 6.07 Å². The number of carbonyl (C=O) groups excluding carboxylic acids is 1. The Morgan fingerprint density at radius 1 is 1.10 bits per heavy atom. The maximum absolute atomic E-state index is 14.5. The summed E-state index contributed by atoms with van der Waals surface area (Å²) in [7, 11) is 0. The Morgan fingerprint density at radius 3 is 2.73 bits per heavy atom. The Labute approximate surface area is 283 Å². The lowest BCUT2D eigenvalue weighted by Gasteiger charge is -2.45. The van der Waals surface area contributed by atoms with Gasteiger partial charge in [-0.3, -0.25) is 10.2 Å². The van der Waals surface area contributed by atoms with E-state index < -0.39 is 41.1 Å². The van der Waals surface area contributed by atoms with Crippen molar-refractivity contribution in [2.45, 2.75) is 107 Å². The zero-order valence-corrected chi connectivity index (χ0v) is 28.3. The molecule has 1 aliphatic carbocycles. The van der Waals surface area contributed by atoms with Crippen molar-refractivity contribution in [1.29, 1.82) is 0 Å². The topological polar surface area (TPSA) is 98.3 Å².